The maximum atomic E-state index is 13.2. The van der Waals surface area contributed by atoms with Crippen LogP contribution in [0.5, 0.6) is 11.5 Å². The van der Waals surface area contributed by atoms with Crippen molar-refractivity contribution in [3.8, 4) is 11.5 Å². The van der Waals surface area contributed by atoms with E-state index in [1.807, 2.05) is 18.4 Å². The second-order valence-corrected chi connectivity index (χ2v) is 8.86. The summed E-state index contributed by atoms with van der Waals surface area (Å²) in [7, 11) is 0. The predicted octanol–water partition coefficient (Wildman–Crippen LogP) is 5.11. The number of amides is 1. The van der Waals surface area contributed by atoms with Gasteiger partial charge in [-0.3, -0.25) is 14.5 Å². The number of carbonyl (C=O) groups excluding carboxylic acids is 2. The van der Waals surface area contributed by atoms with Crippen LogP contribution in [0.3, 0.4) is 0 Å². The Bertz CT molecular complexity index is 1280. The summed E-state index contributed by atoms with van der Waals surface area (Å²) in [6.45, 7) is 2.75. The molecule has 3 heterocycles. The van der Waals surface area contributed by atoms with Gasteiger partial charge in [0.2, 0.25) is 0 Å². The molecule has 32 heavy (non-hydrogen) atoms. The minimum atomic E-state index is -0.776. The molecule has 0 spiro atoms. The first-order valence-corrected chi connectivity index (χ1v) is 11.2. The summed E-state index contributed by atoms with van der Waals surface area (Å²) in [5, 5.41) is 13.6. The van der Waals surface area contributed by atoms with Crippen molar-refractivity contribution in [3.05, 3.63) is 80.5 Å². The van der Waals surface area contributed by atoms with Crippen molar-refractivity contribution in [1.82, 2.24) is 0 Å². The molecule has 0 aliphatic carbocycles. The van der Waals surface area contributed by atoms with Crippen LogP contribution >= 0.6 is 22.9 Å². The Morgan fingerprint density at radius 3 is 2.59 bits per heavy atom. The van der Waals surface area contributed by atoms with Crippen LogP contribution < -0.4 is 14.4 Å². The number of ketones is 1. The molecule has 0 saturated carbocycles. The van der Waals surface area contributed by atoms with E-state index in [2.05, 4.69) is 0 Å². The molecular formula is C24H18ClNO5S. The van der Waals surface area contributed by atoms with Gasteiger partial charge in [0.1, 0.15) is 25.0 Å². The lowest BCUT2D eigenvalue weighted by molar-refractivity contribution is -0.132. The van der Waals surface area contributed by atoms with Gasteiger partial charge >= 0.3 is 0 Å². The molecule has 0 bridgehead atoms. The van der Waals surface area contributed by atoms with Gasteiger partial charge in [0.25, 0.3) is 11.7 Å². The number of ether oxygens (including phenoxy) is 2. The second kappa shape index (κ2) is 8.00. The highest BCUT2D eigenvalue weighted by atomic mass is 35.5. The molecule has 3 aromatic rings. The Balaban J connectivity index is 1.70. The predicted molar refractivity (Wildman–Crippen MR) is 123 cm³/mol. The Kier molecular flexibility index (Phi) is 5.15. The minimum Gasteiger partial charge on any atom is -0.507 e. The summed E-state index contributed by atoms with van der Waals surface area (Å²) in [5.74, 6) is -0.687. The molecule has 5 rings (SSSR count). The topological polar surface area (TPSA) is 76.1 Å². The lowest BCUT2D eigenvalue weighted by atomic mass is 9.98. The first kappa shape index (κ1) is 20.6. The normalized spacial score (nSPS) is 19.4. The lowest BCUT2D eigenvalue weighted by Gasteiger charge is -2.25. The number of hydrogen-bond acceptors (Lipinski definition) is 6. The van der Waals surface area contributed by atoms with Gasteiger partial charge in [-0.05, 0) is 60.3 Å². The van der Waals surface area contributed by atoms with Crippen molar-refractivity contribution in [2.24, 2.45) is 0 Å². The van der Waals surface area contributed by atoms with Crippen molar-refractivity contribution in [2.45, 2.75) is 13.0 Å². The Hall–Kier alpha value is -3.29. The van der Waals surface area contributed by atoms with Crippen molar-refractivity contribution in [2.75, 3.05) is 18.1 Å². The maximum absolute atomic E-state index is 13.2. The molecule has 1 N–H and O–H groups in total. The molecule has 6 nitrogen and oxygen atoms in total. The lowest BCUT2D eigenvalue weighted by Crippen LogP contribution is -2.29. The first-order chi connectivity index (χ1) is 15.5. The number of nitrogens with zero attached hydrogens (tertiary/aromatic N) is 1. The SMILES string of the molecule is Cc1ccsc1C1/C(=C(/O)c2ccc3c(c2)OCCO3)C(=O)C(=O)N1c1cccc(Cl)c1. The maximum Gasteiger partial charge on any atom is 0.300 e. The number of rotatable bonds is 3. The van der Waals surface area contributed by atoms with Gasteiger partial charge in [-0.1, -0.05) is 17.7 Å². The van der Waals surface area contributed by atoms with Gasteiger partial charge in [-0.15, -0.1) is 11.3 Å². The highest BCUT2D eigenvalue weighted by molar-refractivity contribution is 7.10. The van der Waals surface area contributed by atoms with E-state index in [0.717, 1.165) is 10.4 Å². The molecule has 1 amide bonds. The second-order valence-electron chi connectivity index (χ2n) is 7.48. The van der Waals surface area contributed by atoms with E-state index < -0.39 is 17.7 Å². The Morgan fingerprint density at radius 2 is 1.88 bits per heavy atom. The summed E-state index contributed by atoms with van der Waals surface area (Å²) in [5.41, 5.74) is 1.80. The molecular weight excluding hydrogens is 450 g/mol. The molecule has 0 radical (unpaired) electrons. The number of anilines is 1. The highest BCUT2D eigenvalue weighted by Crippen LogP contribution is 2.45. The number of benzene rings is 2. The average molecular weight is 468 g/mol. The Morgan fingerprint density at radius 1 is 1.09 bits per heavy atom. The largest absolute Gasteiger partial charge is 0.507 e. The van der Waals surface area contributed by atoms with Crippen LogP contribution in [0.1, 0.15) is 22.0 Å². The zero-order valence-corrected chi connectivity index (χ0v) is 18.6. The molecule has 2 aliphatic heterocycles. The molecule has 1 fully saturated rings. The zero-order valence-electron chi connectivity index (χ0n) is 17.0. The Labute approximate surface area is 193 Å². The fraction of sp³-hybridized carbons (Fsp3) is 0.167. The van der Waals surface area contributed by atoms with Crippen molar-refractivity contribution in [1.29, 1.82) is 0 Å². The molecule has 1 aromatic heterocycles. The molecule has 8 heteroatoms. The van der Waals surface area contributed by atoms with Crippen molar-refractivity contribution >= 4 is 46.1 Å². The number of carbonyl (C=O) groups is 2. The van der Waals surface area contributed by atoms with E-state index in [-0.39, 0.29) is 11.3 Å². The zero-order chi connectivity index (χ0) is 22.4. The van der Waals surface area contributed by atoms with Gasteiger partial charge in [0.05, 0.1) is 5.57 Å². The van der Waals surface area contributed by atoms with Crippen LogP contribution in [0, 0.1) is 6.92 Å². The third-order valence-electron chi connectivity index (χ3n) is 5.50. The fourth-order valence-electron chi connectivity index (χ4n) is 3.98. The average Bonchev–Trinajstić information content (AvgIpc) is 3.33. The molecule has 162 valence electrons. The number of thiophene rings is 1. The van der Waals surface area contributed by atoms with Crippen LogP contribution in [-0.2, 0) is 9.59 Å². The van der Waals surface area contributed by atoms with Gasteiger partial charge in [-0.2, -0.15) is 0 Å². The third kappa shape index (κ3) is 3.34. The van der Waals surface area contributed by atoms with Gasteiger partial charge in [0, 0.05) is 21.2 Å². The highest BCUT2D eigenvalue weighted by Gasteiger charge is 2.48. The minimum absolute atomic E-state index is 0.0252. The number of halogens is 1. The number of Topliss-reactive ketones (excluding diaryl/α,β-unsaturated/α-hetero) is 1. The van der Waals surface area contributed by atoms with Gasteiger partial charge in [-0.25, -0.2) is 0 Å². The monoisotopic (exact) mass is 467 g/mol. The number of aliphatic hydroxyl groups excluding tert-OH is 1. The summed E-state index contributed by atoms with van der Waals surface area (Å²) in [4.78, 5) is 28.6. The van der Waals surface area contributed by atoms with E-state index in [9.17, 15) is 14.7 Å². The van der Waals surface area contributed by atoms with Crippen LogP contribution in [0.25, 0.3) is 5.76 Å². The van der Waals surface area contributed by atoms with E-state index in [1.54, 1.807) is 42.5 Å². The third-order valence-corrected chi connectivity index (χ3v) is 6.80. The number of fused-ring (bicyclic) bond motifs is 1. The fourth-order valence-corrected chi connectivity index (χ4v) is 5.19. The number of aliphatic hydroxyl groups is 1. The number of aryl methyl sites for hydroxylation is 1. The van der Waals surface area contributed by atoms with Crippen LogP contribution in [0.4, 0.5) is 5.69 Å². The molecule has 2 aliphatic rings. The summed E-state index contributed by atoms with van der Waals surface area (Å²) in [6.07, 6.45) is 0. The van der Waals surface area contributed by atoms with Crippen molar-refractivity contribution in [3.63, 3.8) is 0 Å². The van der Waals surface area contributed by atoms with Crippen molar-refractivity contribution < 1.29 is 24.2 Å². The van der Waals surface area contributed by atoms with Crippen LogP contribution in [0.2, 0.25) is 5.02 Å². The smallest absolute Gasteiger partial charge is 0.300 e. The van der Waals surface area contributed by atoms with E-state index >= 15 is 0 Å². The number of hydrogen-bond donors (Lipinski definition) is 1. The van der Waals surface area contributed by atoms with Gasteiger partial charge in [0.15, 0.2) is 11.5 Å². The summed E-state index contributed by atoms with van der Waals surface area (Å²) in [6, 6.07) is 12.9. The first-order valence-electron chi connectivity index (χ1n) is 9.96. The molecule has 1 unspecified atom stereocenters. The van der Waals surface area contributed by atoms with Crippen LogP contribution in [-0.4, -0.2) is 30.0 Å². The van der Waals surface area contributed by atoms with E-state index in [4.69, 9.17) is 21.1 Å². The summed E-state index contributed by atoms with van der Waals surface area (Å²) >= 11 is 7.59. The van der Waals surface area contributed by atoms with Crippen LogP contribution in [0.15, 0.2) is 59.5 Å². The van der Waals surface area contributed by atoms with E-state index in [1.165, 1.54) is 16.2 Å². The summed E-state index contributed by atoms with van der Waals surface area (Å²) < 4.78 is 11.2. The standard InChI is InChI=1S/C24H18ClNO5S/c1-13-7-10-32-23(13)20-19(21(27)14-5-6-17-18(11-14)31-9-8-30-17)22(28)24(29)26(20)16-4-2-3-15(25)12-16/h2-7,10-12,20,27H,8-9H2,1H3/b21-19-. The molecule has 2 aromatic carbocycles. The van der Waals surface area contributed by atoms with E-state index in [0.29, 0.717) is 41.0 Å². The molecule has 1 atom stereocenters. The molecule has 1 saturated heterocycles. The quantitative estimate of drug-likeness (QED) is 0.329. The van der Waals surface area contributed by atoms with Gasteiger partial charge < -0.3 is 14.6 Å².